The standard InChI is InChI=1S/C13H20F3N3O/c1-2-3-9(4-5-20)7-18-11-6-12(13(14,15)16)19-8-10(11)17/h6,8-9,20H,2-5,7,17H2,1H3,(H,18,19). The first-order valence-electron chi connectivity index (χ1n) is 6.56. The number of alkyl halides is 3. The van der Waals surface area contributed by atoms with Gasteiger partial charge in [0.2, 0.25) is 0 Å². The smallest absolute Gasteiger partial charge is 0.396 e. The maximum Gasteiger partial charge on any atom is 0.433 e. The average molecular weight is 291 g/mol. The van der Waals surface area contributed by atoms with Gasteiger partial charge in [-0.05, 0) is 24.8 Å². The van der Waals surface area contributed by atoms with Crippen molar-refractivity contribution in [1.29, 1.82) is 0 Å². The molecule has 1 heterocycles. The Morgan fingerprint density at radius 1 is 1.40 bits per heavy atom. The maximum absolute atomic E-state index is 12.6. The predicted octanol–water partition coefficient (Wildman–Crippen LogP) is 2.89. The number of nitrogen functional groups attached to an aromatic ring is 1. The molecule has 114 valence electrons. The van der Waals surface area contributed by atoms with Crippen molar-refractivity contribution in [2.24, 2.45) is 5.92 Å². The van der Waals surface area contributed by atoms with Gasteiger partial charge in [0, 0.05) is 13.2 Å². The third-order valence-electron chi connectivity index (χ3n) is 3.04. The van der Waals surface area contributed by atoms with Gasteiger partial charge in [0.25, 0.3) is 0 Å². The molecule has 1 unspecified atom stereocenters. The molecule has 0 saturated heterocycles. The highest BCUT2D eigenvalue weighted by Gasteiger charge is 2.32. The van der Waals surface area contributed by atoms with Crippen LogP contribution in [-0.2, 0) is 6.18 Å². The second-order valence-corrected chi connectivity index (χ2v) is 4.70. The minimum absolute atomic E-state index is 0.0615. The van der Waals surface area contributed by atoms with E-state index in [1.165, 1.54) is 0 Å². The summed E-state index contributed by atoms with van der Waals surface area (Å²) < 4.78 is 37.7. The summed E-state index contributed by atoms with van der Waals surface area (Å²) in [7, 11) is 0. The van der Waals surface area contributed by atoms with Gasteiger partial charge >= 0.3 is 6.18 Å². The summed E-state index contributed by atoms with van der Waals surface area (Å²) in [5.41, 5.74) is 5.06. The van der Waals surface area contributed by atoms with Crippen LogP contribution >= 0.6 is 0 Å². The van der Waals surface area contributed by atoms with Crippen molar-refractivity contribution < 1.29 is 18.3 Å². The van der Waals surface area contributed by atoms with Crippen molar-refractivity contribution in [2.75, 3.05) is 24.2 Å². The molecule has 0 aliphatic heterocycles. The third-order valence-corrected chi connectivity index (χ3v) is 3.04. The number of aliphatic hydroxyl groups excluding tert-OH is 1. The zero-order valence-corrected chi connectivity index (χ0v) is 11.4. The van der Waals surface area contributed by atoms with E-state index in [1.54, 1.807) is 0 Å². The van der Waals surface area contributed by atoms with E-state index < -0.39 is 11.9 Å². The van der Waals surface area contributed by atoms with Crippen LogP contribution < -0.4 is 11.1 Å². The number of hydrogen-bond acceptors (Lipinski definition) is 4. The summed E-state index contributed by atoms with van der Waals surface area (Å²) in [4.78, 5) is 3.28. The molecule has 0 radical (unpaired) electrons. The molecule has 0 aromatic carbocycles. The molecule has 0 saturated carbocycles. The summed E-state index contributed by atoms with van der Waals surface area (Å²) >= 11 is 0. The van der Waals surface area contributed by atoms with Crippen molar-refractivity contribution in [1.82, 2.24) is 4.98 Å². The number of nitrogens with zero attached hydrogens (tertiary/aromatic N) is 1. The van der Waals surface area contributed by atoms with E-state index in [4.69, 9.17) is 10.8 Å². The van der Waals surface area contributed by atoms with Gasteiger partial charge in [-0.3, -0.25) is 0 Å². The first kappa shape index (κ1) is 16.6. The Bertz CT molecular complexity index is 418. The molecule has 0 fully saturated rings. The zero-order chi connectivity index (χ0) is 15.2. The molecule has 0 spiro atoms. The maximum atomic E-state index is 12.6. The van der Waals surface area contributed by atoms with Crippen LogP contribution in [0.1, 0.15) is 31.9 Å². The van der Waals surface area contributed by atoms with E-state index in [9.17, 15) is 13.2 Å². The van der Waals surface area contributed by atoms with Crippen LogP contribution in [0.15, 0.2) is 12.3 Å². The van der Waals surface area contributed by atoms with Gasteiger partial charge in [-0.2, -0.15) is 13.2 Å². The van der Waals surface area contributed by atoms with E-state index in [2.05, 4.69) is 10.3 Å². The topological polar surface area (TPSA) is 71.2 Å². The number of aliphatic hydroxyl groups is 1. The predicted molar refractivity (Wildman–Crippen MR) is 72.2 cm³/mol. The Balaban J connectivity index is 2.75. The Hall–Kier alpha value is -1.50. The quantitative estimate of drug-likeness (QED) is 0.722. The van der Waals surface area contributed by atoms with E-state index >= 15 is 0 Å². The van der Waals surface area contributed by atoms with Crippen LogP contribution in [0.5, 0.6) is 0 Å². The fourth-order valence-electron chi connectivity index (χ4n) is 1.97. The second-order valence-electron chi connectivity index (χ2n) is 4.70. The molecule has 4 N–H and O–H groups in total. The molecule has 7 heteroatoms. The molecule has 20 heavy (non-hydrogen) atoms. The minimum atomic E-state index is -4.49. The molecular weight excluding hydrogens is 271 g/mol. The number of nitrogens with one attached hydrogen (secondary N) is 1. The SMILES string of the molecule is CCCC(CCO)CNc1cc(C(F)(F)F)ncc1N. The van der Waals surface area contributed by atoms with Crippen molar-refractivity contribution in [3.8, 4) is 0 Å². The van der Waals surface area contributed by atoms with Crippen LogP contribution in [0.25, 0.3) is 0 Å². The summed E-state index contributed by atoms with van der Waals surface area (Å²) in [6, 6.07) is 0.914. The lowest BCUT2D eigenvalue weighted by atomic mass is 10.00. The molecule has 1 aromatic rings. The summed E-state index contributed by atoms with van der Waals surface area (Å²) in [5, 5.41) is 11.9. The molecule has 1 rings (SSSR count). The highest BCUT2D eigenvalue weighted by Crippen LogP contribution is 2.31. The van der Waals surface area contributed by atoms with Crippen LogP contribution in [0.3, 0.4) is 0 Å². The molecule has 0 aliphatic rings. The first-order valence-corrected chi connectivity index (χ1v) is 6.56. The van der Waals surface area contributed by atoms with E-state index in [0.29, 0.717) is 13.0 Å². The van der Waals surface area contributed by atoms with Gasteiger partial charge in [-0.15, -0.1) is 0 Å². The lowest BCUT2D eigenvalue weighted by molar-refractivity contribution is -0.141. The van der Waals surface area contributed by atoms with Gasteiger partial charge in [0.1, 0.15) is 5.69 Å². The van der Waals surface area contributed by atoms with E-state index in [1.807, 2.05) is 6.92 Å². The fraction of sp³-hybridized carbons (Fsp3) is 0.615. The average Bonchev–Trinajstić information content (AvgIpc) is 2.36. The van der Waals surface area contributed by atoms with Crippen LogP contribution in [0, 0.1) is 5.92 Å². The van der Waals surface area contributed by atoms with Crippen LogP contribution in [-0.4, -0.2) is 23.2 Å². The molecule has 0 amide bonds. The second kappa shape index (κ2) is 7.33. The lowest BCUT2D eigenvalue weighted by Gasteiger charge is -2.18. The summed E-state index contributed by atoms with van der Waals surface area (Å²) in [6.07, 6.45) is -1.03. The molecule has 1 atom stereocenters. The normalized spacial score (nSPS) is 13.2. The van der Waals surface area contributed by atoms with Crippen molar-refractivity contribution in [3.63, 3.8) is 0 Å². The Labute approximate surface area is 116 Å². The molecular formula is C13H20F3N3O. The number of halogens is 3. The number of hydrogen-bond donors (Lipinski definition) is 3. The van der Waals surface area contributed by atoms with Gasteiger partial charge < -0.3 is 16.2 Å². The van der Waals surface area contributed by atoms with Crippen molar-refractivity contribution in [2.45, 2.75) is 32.4 Å². The largest absolute Gasteiger partial charge is 0.433 e. The highest BCUT2D eigenvalue weighted by atomic mass is 19.4. The van der Waals surface area contributed by atoms with Crippen molar-refractivity contribution >= 4 is 11.4 Å². The van der Waals surface area contributed by atoms with E-state index in [-0.39, 0.29) is 23.9 Å². The number of nitrogens with two attached hydrogens (primary N) is 1. The van der Waals surface area contributed by atoms with Crippen molar-refractivity contribution in [3.05, 3.63) is 18.0 Å². The van der Waals surface area contributed by atoms with Gasteiger partial charge in [0.05, 0.1) is 17.6 Å². The molecule has 0 aliphatic carbocycles. The van der Waals surface area contributed by atoms with Gasteiger partial charge in [-0.1, -0.05) is 13.3 Å². The Morgan fingerprint density at radius 3 is 2.65 bits per heavy atom. The minimum Gasteiger partial charge on any atom is -0.396 e. The molecule has 0 bridgehead atoms. The number of rotatable bonds is 7. The summed E-state index contributed by atoms with van der Waals surface area (Å²) in [5.74, 6) is 0.201. The van der Waals surface area contributed by atoms with Crippen LogP contribution in [0.2, 0.25) is 0 Å². The monoisotopic (exact) mass is 291 g/mol. The first-order chi connectivity index (χ1) is 9.38. The highest BCUT2D eigenvalue weighted by molar-refractivity contribution is 5.65. The Kier molecular flexibility index (Phi) is 6.06. The number of pyridine rings is 1. The fourth-order valence-corrected chi connectivity index (χ4v) is 1.97. The lowest BCUT2D eigenvalue weighted by Crippen LogP contribution is -2.17. The van der Waals surface area contributed by atoms with Gasteiger partial charge in [-0.25, -0.2) is 4.98 Å². The third kappa shape index (κ3) is 4.88. The Morgan fingerprint density at radius 2 is 2.10 bits per heavy atom. The molecule has 4 nitrogen and oxygen atoms in total. The zero-order valence-electron chi connectivity index (χ0n) is 11.4. The number of aromatic nitrogens is 1. The number of anilines is 2. The van der Waals surface area contributed by atoms with Crippen LogP contribution in [0.4, 0.5) is 24.5 Å². The summed E-state index contributed by atoms with van der Waals surface area (Å²) in [6.45, 7) is 2.55. The van der Waals surface area contributed by atoms with E-state index in [0.717, 1.165) is 25.1 Å². The molecule has 1 aromatic heterocycles. The van der Waals surface area contributed by atoms with Gasteiger partial charge in [0.15, 0.2) is 0 Å².